The Labute approximate surface area is 214 Å². The number of nitrogens with one attached hydrogen (secondary N) is 1. The van der Waals surface area contributed by atoms with Crippen LogP contribution in [0.5, 0.6) is 0 Å². The van der Waals surface area contributed by atoms with Crippen molar-refractivity contribution in [1.82, 2.24) is 19.5 Å². The number of rotatable bonds is 12. The number of imidazole rings is 1. The van der Waals surface area contributed by atoms with Crippen molar-refractivity contribution in [2.75, 3.05) is 11.9 Å². The molecule has 2 aromatic rings. The van der Waals surface area contributed by atoms with Gasteiger partial charge in [0.25, 0.3) is 0 Å². The molecule has 13 heteroatoms. The molecule has 0 radical (unpaired) electrons. The highest BCUT2D eigenvalue weighted by atomic mass is 16.7. The Morgan fingerprint density at radius 1 is 0.946 bits per heavy atom. The van der Waals surface area contributed by atoms with Gasteiger partial charge in [-0.05, 0) is 6.42 Å². The maximum Gasteiger partial charge on any atom is 0.303 e. The minimum atomic E-state index is -1.09. The second kappa shape index (κ2) is 13.1. The zero-order valence-corrected chi connectivity index (χ0v) is 21.5. The first-order valence-electron chi connectivity index (χ1n) is 12.3. The van der Waals surface area contributed by atoms with Crippen molar-refractivity contribution >= 4 is 40.8 Å². The summed E-state index contributed by atoms with van der Waals surface area (Å²) in [4.78, 5) is 60.3. The SMILES string of the molecule is CCCCCCCC(=O)Nc1ncnc2c1ncn2[C@@H]1O[C@@H](COC(C)=O)[C@@H](OC(C)=O)[C@@H]1OC(C)=O. The van der Waals surface area contributed by atoms with Gasteiger partial charge in [-0.15, -0.1) is 0 Å². The molecule has 13 nitrogen and oxygen atoms in total. The minimum Gasteiger partial charge on any atom is -0.463 e. The van der Waals surface area contributed by atoms with E-state index in [1.54, 1.807) is 0 Å². The van der Waals surface area contributed by atoms with Crippen LogP contribution in [0.3, 0.4) is 0 Å². The van der Waals surface area contributed by atoms with Gasteiger partial charge in [-0.2, -0.15) is 0 Å². The molecular formula is C24H33N5O8. The predicted octanol–water partition coefficient (Wildman–Crippen LogP) is 2.45. The van der Waals surface area contributed by atoms with E-state index in [9.17, 15) is 19.2 Å². The number of ether oxygens (including phenoxy) is 4. The smallest absolute Gasteiger partial charge is 0.303 e. The number of aromatic nitrogens is 4. The van der Waals surface area contributed by atoms with E-state index in [2.05, 4.69) is 27.2 Å². The van der Waals surface area contributed by atoms with Crippen LogP contribution in [-0.4, -0.2) is 68.3 Å². The average molecular weight is 520 g/mol. The van der Waals surface area contributed by atoms with Gasteiger partial charge in [0.15, 0.2) is 35.4 Å². The normalized spacial score (nSPS) is 21.0. The Bertz CT molecular complexity index is 1120. The van der Waals surface area contributed by atoms with Gasteiger partial charge in [-0.25, -0.2) is 15.0 Å². The number of hydrogen-bond acceptors (Lipinski definition) is 11. The fraction of sp³-hybridized carbons (Fsp3) is 0.625. The van der Waals surface area contributed by atoms with Gasteiger partial charge in [0.2, 0.25) is 5.91 Å². The molecule has 3 heterocycles. The third kappa shape index (κ3) is 7.44. The maximum absolute atomic E-state index is 12.5. The summed E-state index contributed by atoms with van der Waals surface area (Å²) in [7, 11) is 0. The van der Waals surface area contributed by atoms with Gasteiger partial charge in [0, 0.05) is 27.2 Å². The van der Waals surface area contributed by atoms with Crippen LogP contribution in [0.1, 0.15) is 72.4 Å². The summed E-state index contributed by atoms with van der Waals surface area (Å²) in [6.45, 7) is 5.56. The van der Waals surface area contributed by atoms with Crippen LogP contribution in [0.2, 0.25) is 0 Å². The molecule has 1 saturated heterocycles. The quantitative estimate of drug-likeness (QED) is 0.249. The van der Waals surface area contributed by atoms with Crippen molar-refractivity contribution in [3.8, 4) is 0 Å². The predicted molar refractivity (Wildman–Crippen MR) is 129 cm³/mol. The number of amides is 1. The third-order valence-corrected chi connectivity index (χ3v) is 5.74. The van der Waals surface area contributed by atoms with E-state index in [1.165, 1.54) is 38.0 Å². The van der Waals surface area contributed by atoms with Crippen molar-refractivity contribution < 1.29 is 38.1 Å². The van der Waals surface area contributed by atoms with E-state index in [1.807, 2.05) is 0 Å². The molecule has 0 aromatic carbocycles. The summed E-state index contributed by atoms with van der Waals surface area (Å²) in [5, 5.41) is 2.78. The highest BCUT2D eigenvalue weighted by Crippen LogP contribution is 2.36. The molecule has 1 aliphatic rings. The zero-order valence-electron chi connectivity index (χ0n) is 21.5. The zero-order chi connectivity index (χ0) is 26.9. The van der Waals surface area contributed by atoms with E-state index < -0.39 is 42.4 Å². The van der Waals surface area contributed by atoms with Crippen LogP contribution < -0.4 is 5.32 Å². The fourth-order valence-corrected chi connectivity index (χ4v) is 4.13. The summed E-state index contributed by atoms with van der Waals surface area (Å²) in [6.07, 6.45) is 4.05. The number of fused-ring (bicyclic) bond motifs is 1. The topological polar surface area (TPSA) is 161 Å². The maximum atomic E-state index is 12.5. The van der Waals surface area contributed by atoms with Crippen molar-refractivity contribution in [1.29, 1.82) is 0 Å². The summed E-state index contributed by atoms with van der Waals surface area (Å²) in [5.41, 5.74) is 0.601. The lowest BCUT2D eigenvalue weighted by atomic mass is 10.1. The Morgan fingerprint density at radius 3 is 2.32 bits per heavy atom. The Kier molecular flexibility index (Phi) is 9.89. The molecule has 0 spiro atoms. The second-order valence-corrected chi connectivity index (χ2v) is 8.77. The Morgan fingerprint density at radius 2 is 1.65 bits per heavy atom. The summed E-state index contributed by atoms with van der Waals surface area (Å²) in [6, 6.07) is 0. The van der Waals surface area contributed by atoms with Gasteiger partial charge in [-0.3, -0.25) is 23.7 Å². The van der Waals surface area contributed by atoms with Crippen LogP contribution in [0.4, 0.5) is 5.82 Å². The van der Waals surface area contributed by atoms with E-state index in [-0.39, 0.29) is 18.3 Å². The lowest BCUT2D eigenvalue weighted by Gasteiger charge is -2.23. The average Bonchev–Trinajstić information content (AvgIpc) is 3.39. The molecule has 1 N–H and O–H groups in total. The highest BCUT2D eigenvalue weighted by Gasteiger charge is 2.51. The third-order valence-electron chi connectivity index (χ3n) is 5.74. The van der Waals surface area contributed by atoms with Crippen molar-refractivity contribution in [2.24, 2.45) is 0 Å². The van der Waals surface area contributed by atoms with E-state index in [0.717, 1.165) is 32.1 Å². The number of carbonyl (C=O) groups excluding carboxylic acids is 4. The van der Waals surface area contributed by atoms with Crippen LogP contribution >= 0.6 is 0 Å². The van der Waals surface area contributed by atoms with Crippen LogP contribution in [-0.2, 0) is 38.1 Å². The molecule has 2 aromatic heterocycles. The lowest BCUT2D eigenvalue weighted by molar-refractivity contribution is -0.166. The van der Waals surface area contributed by atoms with Gasteiger partial charge < -0.3 is 24.3 Å². The molecule has 0 aliphatic carbocycles. The molecule has 1 amide bonds. The number of carbonyl (C=O) groups is 4. The van der Waals surface area contributed by atoms with E-state index >= 15 is 0 Å². The molecule has 202 valence electrons. The molecule has 3 rings (SSSR count). The number of esters is 3. The molecule has 37 heavy (non-hydrogen) atoms. The number of nitrogens with zero attached hydrogens (tertiary/aromatic N) is 4. The van der Waals surface area contributed by atoms with Gasteiger partial charge >= 0.3 is 17.9 Å². The first kappa shape index (κ1) is 28.0. The summed E-state index contributed by atoms with van der Waals surface area (Å²) < 4.78 is 23.5. The van der Waals surface area contributed by atoms with E-state index in [0.29, 0.717) is 17.6 Å². The largest absolute Gasteiger partial charge is 0.463 e. The van der Waals surface area contributed by atoms with Crippen molar-refractivity contribution in [2.45, 2.75) is 90.8 Å². The Balaban J connectivity index is 1.85. The van der Waals surface area contributed by atoms with Gasteiger partial charge in [0.1, 0.15) is 19.0 Å². The monoisotopic (exact) mass is 519 g/mol. The molecule has 1 fully saturated rings. The highest BCUT2D eigenvalue weighted by molar-refractivity contribution is 5.96. The molecule has 0 saturated carbocycles. The molecule has 4 atom stereocenters. The number of hydrogen-bond donors (Lipinski definition) is 1. The summed E-state index contributed by atoms with van der Waals surface area (Å²) in [5.74, 6) is -1.76. The lowest BCUT2D eigenvalue weighted by Crippen LogP contribution is -2.40. The summed E-state index contributed by atoms with van der Waals surface area (Å²) >= 11 is 0. The molecular weight excluding hydrogens is 486 g/mol. The van der Waals surface area contributed by atoms with Crippen molar-refractivity contribution in [3.05, 3.63) is 12.7 Å². The first-order chi connectivity index (χ1) is 17.7. The van der Waals surface area contributed by atoms with Gasteiger partial charge in [0.05, 0.1) is 6.33 Å². The molecule has 0 bridgehead atoms. The number of anilines is 1. The van der Waals surface area contributed by atoms with Crippen LogP contribution in [0, 0.1) is 0 Å². The standard InChI is InChI=1S/C24H33N5O8/c1-5-6-7-8-9-10-18(33)28-22-19-23(26-12-25-22)29(13-27-19)24-21(36-16(4)32)20(35-15(3)31)17(37-24)11-34-14(2)30/h12-13,17,20-21,24H,5-11H2,1-4H3,(H,25,26,28,33)/t17-,20+,21-,24+/m0/s1. The number of unbranched alkanes of at least 4 members (excludes halogenated alkanes) is 4. The van der Waals surface area contributed by atoms with E-state index in [4.69, 9.17) is 18.9 Å². The van der Waals surface area contributed by atoms with Crippen LogP contribution in [0.15, 0.2) is 12.7 Å². The molecule has 0 unspecified atom stereocenters. The first-order valence-corrected chi connectivity index (χ1v) is 12.3. The van der Waals surface area contributed by atoms with Crippen LogP contribution in [0.25, 0.3) is 11.2 Å². The van der Waals surface area contributed by atoms with Gasteiger partial charge in [-0.1, -0.05) is 32.6 Å². The van der Waals surface area contributed by atoms with Crippen molar-refractivity contribution in [3.63, 3.8) is 0 Å². The molecule has 1 aliphatic heterocycles. The second-order valence-electron chi connectivity index (χ2n) is 8.77. The minimum absolute atomic E-state index is 0.183. The fourth-order valence-electron chi connectivity index (χ4n) is 4.13. The Hall–Kier alpha value is -3.61.